The first-order valence-electron chi connectivity index (χ1n) is 0. The molecule has 0 N–H and O–H groups in total. The van der Waals surface area contributed by atoms with E-state index in [0.29, 0.717) is 0 Å². The third-order valence-electron chi connectivity index (χ3n) is 0. The molecule has 0 aliphatic rings. The molecule has 0 spiro atoms. The number of rotatable bonds is 0. The zero-order chi connectivity index (χ0) is 0. The van der Waals surface area contributed by atoms with E-state index < -0.39 is 0 Å². The van der Waals surface area contributed by atoms with Crippen molar-refractivity contribution in [1.29, 1.82) is 0 Å². The van der Waals surface area contributed by atoms with Gasteiger partial charge >= 0.3 is 71.8 Å². The summed E-state index contributed by atoms with van der Waals surface area (Å²) in [6.07, 6.45) is 0. The molecule has 26 valence electrons. The molecule has 0 atom stereocenters. The van der Waals surface area contributed by atoms with Crippen LogP contribution in [-0.2, 0) is 0 Å². The maximum absolute atomic E-state index is 0. The van der Waals surface area contributed by atoms with Crippen LogP contribution in [0.5, 0.6) is 0 Å². The Morgan fingerprint density at radius 3 is 1.00 bits per heavy atom. The van der Waals surface area contributed by atoms with Crippen LogP contribution >= 0.6 is 0 Å². The zero-order valence-corrected chi connectivity index (χ0v) is 6.20. The fourth-order valence-corrected chi connectivity index (χ4v) is 0. The molecule has 0 aliphatic heterocycles. The second-order valence-corrected chi connectivity index (χ2v) is 0. The van der Waals surface area contributed by atoms with Gasteiger partial charge < -0.3 is 0 Å². The van der Waals surface area contributed by atoms with E-state index in [0.717, 1.165) is 0 Å². The van der Waals surface area contributed by atoms with Crippen molar-refractivity contribution in [3.8, 4) is 0 Å². The van der Waals surface area contributed by atoms with Crippen molar-refractivity contribution in [3.63, 3.8) is 0 Å². The first kappa shape index (κ1) is 28.4. The molecular formula is H12AlBiGaIn. The Balaban J connectivity index is 0. The quantitative estimate of drug-likeness (QED) is 0.338. The van der Waals surface area contributed by atoms with Gasteiger partial charge in [-0.3, -0.25) is 0 Å². The Morgan fingerprint density at radius 1 is 1.00 bits per heavy atom. The van der Waals surface area contributed by atoms with Gasteiger partial charge in [0.05, 0.1) is 0 Å². The summed E-state index contributed by atoms with van der Waals surface area (Å²) in [5.41, 5.74) is 0. The molecule has 0 aromatic carbocycles. The predicted octanol–water partition coefficient (Wildman–Crippen LogP) is -4.74. The molecule has 0 heterocycles. The SMILES string of the molecule is [AlH3].[BiH3].[GaH3].[InH3]. The molecule has 0 saturated carbocycles. The summed E-state index contributed by atoms with van der Waals surface area (Å²) in [6, 6.07) is 0. The van der Waals surface area contributed by atoms with Gasteiger partial charge in [-0.25, -0.2) is 0 Å². The van der Waals surface area contributed by atoms with Gasteiger partial charge in [-0.05, 0) is 0 Å². The second kappa shape index (κ2) is 16.8. The van der Waals surface area contributed by atoms with E-state index in [2.05, 4.69) is 0 Å². The van der Waals surface area contributed by atoms with Crippen LogP contribution in [0.1, 0.15) is 0 Å². The van der Waals surface area contributed by atoms with Crippen molar-refractivity contribution < 1.29 is 0 Å². The molecule has 0 amide bonds. The molecular weight excluding hydrogens is 421 g/mol. The third-order valence-corrected chi connectivity index (χ3v) is 0. The Morgan fingerprint density at radius 2 is 1.00 bits per heavy atom. The standard InChI is InChI=1S/Al.Bi.Ga.In.12H. The van der Waals surface area contributed by atoms with Crippen LogP contribution in [0, 0.1) is 0 Å². The molecule has 0 saturated heterocycles. The molecule has 0 nitrogen and oxygen atoms in total. The average molecular weight is 433 g/mol. The zero-order valence-electron chi connectivity index (χ0n) is 0.707. The van der Waals surface area contributed by atoms with Gasteiger partial charge in [-0.2, -0.15) is 0 Å². The van der Waals surface area contributed by atoms with Crippen molar-refractivity contribution in [2.24, 2.45) is 0 Å². The Bertz CT molecular complexity index is 8.00. The molecule has 0 fully saturated rings. The third kappa shape index (κ3) is 8.87. The fourth-order valence-electron chi connectivity index (χ4n) is 0. The Labute approximate surface area is 87.6 Å². The van der Waals surface area contributed by atoms with Crippen molar-refractivity contribution in [2.75, 3.05) is 0 Å². The van der Waals surface area contributed by atoms with Crippen molar-refractivity contribution in [1.82, 2.24) is 0 Å². The molecule has 4 heteroatoms. The summed E-state index contributed by atoms with van der Waals surface area (Å²) >= 11 is 0. The Hall–Kier alpha value is 2.92. The molecule has 0 bridgehead atoms. The topological polar surface area (TPSA) is 0 Å². The van der Waals surface area contributed by atoms with Crippen molar-refractivity contribution in [2.45, 2.75) is 0 Å². The van der Waals surface area contributed by atoms with Gasteiger partial charge in [0.1, 0.15) is 0 Å². The summed E-state index contributed by atoms with van der Waals surface area (Å²) < 4.78 is 0. The van der Waals surface area contributed by atoms with E-state index >= 15 is 0 Å². The normalized spacial score (nSPS) is 0. The monoisotopic (exact) mass is 432 g/mol. The minimum absolute atomic E-state index is 0. The maximum atomic E-state index is 0. The molecule has 0 radical (unpaired) electrons. The van der Waals surface area contributed by atoms with Crippen LogP contribution in [0.4, 0.5) is 0 Å². The first-order chi connectivity index (χ1) is 0. The van der Waals surface area contributed by atoms with E-state index in [1.807, 2.05) is 0 Å². The van der Waals surface area contributed by atoms with Crippen LogP contribution in [0.15, 0.2) is 0 Å². The van der Waals surface area contributed by atoms with Crippen LogP contribution in [0.25, 0.3) is 0 Å². The minimum atomic E-state index is 0. The molecule has 0 unspecified atom stereocenters. The summed E-state index contributed by atoms with van der Waals surface area (Å²) in [4.78, 5) is 0. The van der Waals surface area contributed by atoms with Gasteiger partial charge in [0.15, 0.2) is 17.4 Å². The van der Waals surface area contributed by atoms with Crippen LogP contribution < -0.4 is 0 Å². The summed E-state index contributed by atoms with van der Waals surface area (Å²) in [6.45, 7) is 0. The molecule has 0 aromatic rings. The summed E-state index contributed by atoms with van der Waals surface area (Å²) in [7, 11) is 0. The van der Waals surface area contributed by atoms with Crippen LogP contribution in [0.3, 0.4) is 0 Å². The second-order valence-electron chi connectivity index (χ2n) is 0. The number of hydrogen-bond donors (Lipinski definition) is 0. The van der Waals surface area contributed by atoms with Crippen molar-refractivity contribution >= 4 is 89.2 Å². The van der Waals surface area contributed by atoms with Gasteiger partial charge in [0.2, 0.25) is 0 Å². The van der Waals surface area contributed by atoms with E-state index in [9.17, 15) is 0 Å². The first-order valence-corrected chi connectivity index (χ1v) is 0. The predicted molar refractivity (Wildman–Crippen MR) is 39.8 cm³/mol. The van der Waals surface area contributed by atoms with Crippen molar-refractivity contribution in [3.05, 3.63) is 0 Å². The van der Waals surface area contributed by atoms with Gasteiger partial charge in [0.25, 0.3) is 0 Å². The van der Waals surface area contributed by atoms with Gasteiger partial charge in [-0.1, -0.05) is 0 Å². The van der Waals surface area contributed by atoms with Crippen LogP contribution in [0.2, 0.25) is 0 Å². The summed E-state index contributed by atoms with van der Waals surface area (Å²) in [5, 5.41) is 0. The molecule has 0 aliphatic carbocycles. The molecule has 0 rings (SSSR count). The van der Waals surface area contributed by atoms with E-state index in [1.54, 1.807) is 0 Å². The molecule has 0 aromatic heterocycles. The molecule has 4 heavy (non-hydrogen) atoms. The van der Waals surface area contributed by atoms with Gasteiger partial charge in [-0.15, -0.1) is 0 Å². The van der Waals surface area contributed by atoms with Gasteiger partial charge in [0, 0.05) is 0 Å². The average Bonchev–Trinajstić information content (AvgIpc) is 0. The summed E-state index contributed by atoms with van der Waals surface area (Å²) in [5.74, 6) is 0. The fraction of sp³-hybridized carbons (Fsp3) is 0. The van der Waals surface area contributed by atoms with E-state index in [4.69, 9.17) is 0 Å². The van der Waals surface area contributed by atoms with E-state index in [1.165, 1.54) is 0 Å². The Kier molecular flexibility index (Phi) is 119. The van der Waals surface area contributed by atoms with E-state index in [-0.39, 0.29) is 89.2 Å². The number of hydrogen-bond acceptors (Lipinski definition) is 0. The van der Waals surface area contributed by atoms with Crippen LogP contribution in [-0.4, -0.2) is 89.2 Å².